The van der Waals surface area contributed by atoms with Gasteiger partial charge in [-0.3, -0.25) is 9.59 Å². The van der Waals surface area contributed by atoms with Gasteiger partial charge in [0.15, 0.2) is 0 Å². The summed E-state index contributed by atoms with van der Waals surface area (Å²) in [6, 6.07) is 8.10. The number of carboxylic acids is 1. The minimum atomic E-state index is -0.953. The molecule has 0 heterocycles. The van der Waals surface area contributed by atoms with Gasteiger partial charge in [0.05, 0.1) is 12.5 Å². The summed E-state index contributed by atoms with van der Waals surface area (Å²) in [4.78, 5) is 22.0. The summed E-state index contributed by atoms with van der Waals surface area (Å²) in [6.07, 6.45) is 0.983. The second kappa shape index (κ2) is 7.68. The van der Waals surface area contributed by atoms with E-state index in [4.69, 9.17) is 5.11 Å². The van der Waals surface area contributed by atoms with Gasteiger partial charge in [-0.25, -0.2) is 0 Å². The van der Waals surface area contributed by atoms with Crippen LogP contribution in [0.5, 0.6) is 0 Å². The Morgan fingerprint density at radius 1 is 1.10 bits per heavy atom. The second-order valence-corrected chi connectivity index (χ2v) is 5.16. The molecule has 0 aromatic heterocycles. The van der Waals surface area contributed by atoms with Crippen LogP contribution in [0.3, 0.4) is 0 Å². The quantitative estimate of drug-likeness (QED) is 0.804. The lowest BCUT2D eigenvalue weighted by Crippen LogP contribution is -2.26. The molecule has 1 aromatic rings. The predicted molar refractivity (Wildman–Crippen MR) is 78.6 cm³/mol. The molecule has 0 saturated carbocycles. The van der Waals surface area contributed by atoms with Crippen LogP contribution in [0, 0.1) is 0 Å². The normalized spacial score (nSPS) is 13.6. The number of amides is 1. The van der Waals surface area contributed by atoms with Crippen molar-refractivity contribution in [2.45, 2.75) is 52.0 Å². The zero-order chi connectivity index (χ0) is 15.1. The molecule has 1 rings (SSSR count). The molecule has 2 N–H and O–H groups in total. The van der Waals surface area contributed by atoms with Gasteiger partial charge in [-0.05, 0) is 30.4 Å². The lowest BCUT2D eigenvalue weighted by Gasteiger charge is -2.16. The Bertz CT molecular complexity index is 453. The molecule has 1 aromatic carbocycles. The maximum absolute atomic E-state index is 11.6. The van der Waals surface area contributed by atoms with E-state index < -0.39 is 5.97 Å². The minimum Gasteiger partial charge on any atom is -0.481 e. The molecule has 0 aliphatic heterocycles. The van der Waals surface area contributed by atoms with Gasteiger partial charge in [0.1, 0.15) is 0 Å². The van der Waals surface area contributed by atoms with E-state index in [-0.39, 0.29) is 24.8 Å². The third-order valence-electron chi connectivity index (χ3n) is 3.56. The van der Waals surface area contributed by atoms with Crippen LogP contribution in [0.25, 0.3) is 0 Å². The molecule has 0 aliphatic carbocycles. The van der Waals surface area contributed by atoms with Gasteiger partial charge < -0.3 is 10.4 Å². The summed E-state index contributed by atoms with van der Waals surface area (Å²) < 4.78 is 0. The van der Waals surface area contributed by atoms with Crippen LogP contribution < -0.4 is 5.32 Å². The lowest BCUT2D eigenvalue weighted by molar-refractivity contribution is -0.138. The van der Waals surface area contributed by atoms with E-state index >= 15 is 0 Å². The average molecular weight is 277 g/mol. The van der Waals surface area contributed by atoms with E-state index in [0.717, 1.165) is 12.0 Å². The third-order valence-corrected chi connectivity index (χ3v) is 3.56. The molecule has 1 amide bonds. The van der Waals surface area contributed by atoms with Crippen LogP contribution in [0.15, 0.2) is 24.3 Å². The fraction of sp³-hybridized carbons (Fsp3) is 0.500. The summed E-state index contributed by atoms with van der Waals surface area (Å²) in [5.41, 5.74) is 2.32. The van der Waals surface area contributed by atoms with Crippen molar-refractivity contribution in [3.63, 3.8) is 0 Å². The molecule has 0 spiro atoms. The highest BCUT2D eigenvalue weighted by Crippen LogP contribution is 2.21. The van der Waals surface area contributed by atoms with Crippen LogP contribution in [-0.4, -0.2) is 17.0 Å². The first kappa shape index (κ1) is 16.2. The summed E-state index contributed by atoms with van der Waals surface area (Å²) in [5.74, 6) is -0.652. The summed E-state index contributed by atoms with van der Waals surface area (Å²) in [7, 11) is 0. The van der Waals surface area contributed by atoms with Gasteiger partial charge in [0.25, 0.3) is 0 Å². The summed E-state index contributed by atoms with van der Waals surface area (Å²) in [5, 5.41) is 11.4. The van der Waals surface area contributed by atoms with E-state index in [2.05, 4.69) is 31.3 Å². The number of hydrogen-bond donors (Lipinski definition) is 2. The monoisotopic (exact) mass is 277 g/mol. The number of benzene rings is 1. The fourth-order valence-electron chi connectivity index (χ4n) is 1.97. The van der Waals surface area contributed by atoms with E-state index in [0.29, 0.717) is 5.92 Å². The predicted octanol–water partition coefficient (Wildman–Crippen LogP) is 3.24. The Morgan fingerprint density at radius 3 is 2.15 bits per heavy atom. The van der Waals surface area contributed by atoms with Gasteiger partial charge in [0.2, 0.25) is 5.91 Å². The van der Waals surface area contributed by atoms with Crippen molar-refractivity contribution < 1.29 is 14.7 Å². The van der Waals surface area contributed by atoms with Gasteiger partial charge in [0, 0.05) is 6.42 Å². The number of rotatable bonds is 7. The Labute approximate surface area is 120 Å². The van der Waals surface area contributed by atoms with Gasteiger partial charge >= 0.3 is 5.97 Å². The first-order valence-electron chi connectivity index (χ1n) is 7.05. The molecule has 4 nitrogen and oxygen atoms in total. The minimum absolute atomic E-state index is 0.0185. The van der Waals surface area contributed by atoms with E-state index in [1.54, 1.807) is 0 Å². The lowest BCUT2D eigenvalue weighted by atomic mass is 9.96. The highest BCUT2D eigenvalue weighted by atomic mass is 16.4. The number of nitrogens with one attached hydrogen (secondary N) is 1. The number of hydrogen-bond acceptors (Lipinski definition) is 2. The largest absolute Gasteiger partial charge is 0.481 e. The maximum Gasteiger partial charge on any atom is 0.303 e. The van der Waals surface area contributed by atoms with Crippen molar-refractivity contribution in [3.05, 3.63) is 35.4 Å². The average Bonchev–Trinajstić information content (AvgIpc) is 2.44. The molecule has 0 fully saturated rings. The van der Waals surface area contributed by atoms with Gasteiger partial charge in [-0.1, -0.05) is 38.1 Å². The standard InChI is InChI=1S/C16H23NO3/c1-4-11(2)13-5-7-14(8-6-13)12(3)17-15(18)9-10-16(19)20/h5-8,11-12H,4,9-10H2,1-3H3,(H,17,18)(H,19,20). The van der Waals surface area contributed by atoms with E-state index in [9.17, 15) is 9.59 Å². The molecule has 0 aliphatic rings. The van der Waals surface area contributed by atoms with E-state index in [1.807, 2.05) is 19.1 Å². The first-order chi connectivity index (χ1) is 9.43. The summed E-state index contributed by atoms with van der Waals surface area (Å²) >= 11 is 0. The molecule has 2 unspecified atom stereocenters. The third kappa shape index (κ3) is 5.03. The van der Waals surface area contributed by atoms with Crippen molar-refractivity contribution in [2.24, 2.45) is 0 Å². The van der Waals surface area contributed by atoms with Crippen molar-refractivity contribution in [1.82, 2.24) is 5.32 Å². The van der Waals surface area contributed by atoms with Gasteiger partial charge in [-0.15, -0.1) is 0 Å². The molecule has 0 bridgehead atoms. The molecular weight excluding hydrogens is 254 g/mol. The van der Waals surface area contributed by atoms with Crippen LogP contribution >= 0.6 is 0 Å². The highest BCUT2D eigenvalue weighted by Gasteiger charge is 2.11. The molecule has 0 saturated heterocycles. The zero-order valence-electron chi connectivity index (χ0n) is 12.3. The molecule has 0 radical (unpaired) electrons. The topological polar surface area (TPSA) is 66.4 Å². The van der Waals surface area contributed by atoms with Crippen molar-refractivity contribution >= 4 is 11.9 Å². The number of carboxylic acid groups (broad SMARTS) is 1. The number of carbonyl (C=O) groups is 2. The number of carbonyl (C=O) groups excluding carboxylic acids is 1. The highest BCUT2D eigenvalue weighted by molar-refractivity contribution is 5.80. The van der Waals surface area contributed by atoms with Crippen LogP contribution in [0.4, 0.5) is 0 Å². The van der Waals surface area contributed by atoms with Crippen molar-refractivity contribution in [1.29, 1.82) is 0 Å². The van der Waals surface area contributed by atoms with Gasteiger partial charge in [-0.2, -0.15) is 0 Å². The smallest absolute Gasteiger partial charge is 0.303 e. The molecule has 4 heteroatoms. The first-order valence-corrected chi connectivity index (χ1v) is 7.05. The molecule has 2 atom stereocenters. The SMILES string of the molecule is CCC(C)c1ccc(C(C)NC(=O)CCC(=O)O)cc1. The summed E-state index contributed by atoms with van der Waals surface area (Å²) in [6.45, 7) is 6.24. The Balaban J connectivity index is 2.57. The number of aliphatic carboxylic acids is 1. The van der Waals surface area contributed by atoms with Crippen LogP contribution in [-0.2, 0) is 9.59 Å². The van der Waals surface area contributed by atoms with E-state index in [1.165, 1.54) is 5.56 Å². The molecule has 110 valence electrons. The molecule has 20 heavy (non-hydrogen) atoms. The Hall–Kier alpha value is -1.84. The molecular formula is C16H23NO3. The zero-order valence-corrected chi connectivity index (χ0v) is 12.3. The van der Waals surface area contributed by atoms with Crippen molar-refractivity contribution in [3.8, 4) is 0 Å². The second-order valence-electron chi connectivity index (χ2n) is 5.16. The Kier molecular flexibility index (Phi) is 6.22. The van der Waals surface area contributed by atoms with Crippen molar-refractivity contribution in [2.75, 3.05) is 0 Å². The van der Waals surface area contributed by atoms with Crippen LogP contribution in [0.2, 0.25) is 0 Å². The Morgan fingerprint density at radius 2 is 1.65 bits per heavy atom. The van der Waals surface area contributed by atoms with Crippen LogP contribution in [0.1, 0.15) is 63.1 Å². The fourth-order valence-corrected chi connectivity index (χ4v) is 1.97. The maximum atomic E-state index is 11.6.